The molecule has 3 heterocycles. The summed E-state index contributed by atoms with van der Waals surface area (Å²) < 4.78 is 4.42. The average Bonchev–Trinajstić information content (AvgIpc) is 3.80. The minimum atomic E-state index is -0.385. The molecule has 0 atom stereocenters. The van der Waals surface area contributed by atoms with E-state index in [1.54, 1.807) is 42.5 Å². The Balaban J connectivity index is 1.28. The van der Waals surface area contributed by atoms with Crippen molar-refractivity contribution in [2.45, 2.75) is 0 Å². The molecule has 0 aliphatic carbocycles. The Morgan fingerprint density at radius 1 is 0.471 bits per heavy atom. The van der Waals surface area contributed by atoms with Gasteiger partial charge in [-0.3, -0.25) is 9.59 Å². The second-order valence-corrected chi connectivity index (χ2v) is 12.8. The van der Waals surface area contributed by atoms with E-state index < -0.39 is 0 Å². The minimum Gasteiger partial charge on any atom is -0.309 e. The van der Waals surface area contributed by atoms with Gasteiger partial charge >= 0.3 is 0 Å². The number of hydrogen-bond acceptors (Lipinski definition) is 3. The fourth-order valence-corrected chi connectivity index (χ4v) is 7.84. The smallest absolute Gasteiger partial charge is 0.266 e. The van der Waals surface area contributed by atoms with E-state index in [4.69, 9.17) is 0 Å². The van der Waals surface area contributed by atoms with Crippen LogP contribution < -0.4 is 4.90 Å². The van der Waals surface area contributed by atoms with E-state index in [0.29, 0.717) is 28.1 Å². The molecule has 0 spiro atoms. The normalized spacial score (nSPS) is 12.7. The molecule has 10 rings (SSSR count). The number of carbonyl (C=O) groups excluding carboxylic acids is 2. The van der Waals surface area contributed by atoms with Crippen molar-refractivity contribution in [1.82, 2.24) is 9.13 Å². The van der Waals surface area contributed by atoms with Crippen LogP contribution in [0.2, 0.25) is 0 Å². The van der Waals surface area contributed by atoms with Gasteiger partial charge in [0.15, 0.2) is 0 Å². The largest absolute Gasteiger partial charge is 0.309 e. The standard InChI is InChI=1S/C45H26N4O2/c46-27-28-18-24-39(49-44(50)34-13-4-5-14-35(34)45(49)51)41(26-28)48-38-17-9-7-15-36(38)42-40(48)25-23-33-32-12-6-8-16-37(32)47(43(33)42)31-21-19-30(20-22-31)29-10-2-1-3-11-29/h1-26H. The van der Waals surface area contributed by atoms with Crippen LogP contribution in [0.25, 0.3) is 66.1 Å². The Bertz CT molecular complexity index is 2930. The number of hydrogen-bond donors (Lipinski definition) is 0. The molecule has 2 aromatic heterocycles. The highest BCUT2D eigenvalue weighted by molar-refractivity contribution is 6.35. The van der Waals surface area contributed by atoms with E-state index in [1.165, 1.54) is 4.90 Å². The maximum Gasteiger partial charge on any atom is 0.266 e. The molecular weight excluding hydrogens is 629 g/mol. The van der Waals surface area contributed by atoms with Gasteiger partial charge < -0.3 is 9.13 Å². The molecule has 6 nitrogen and oxygen atoms in total. The van der Waals surface area contributed by atoms with Crippen molar-refractivity contribution in [3.8, 4) is 28.6 Å². The van der Waals surface area contributed by atoms with Gasteiger partial charge in [-0.1, -0.05) is 97.1 Å². The number of amides is 2. The van der Waals surface area contributed by atoms with E-state index in [-0.39, 0.29) is 11.8 Å². The van der Waals surface area contributed by atoms with Gasteiger partial charge in [-0.05, 0) is 71.8 Å². The maximum absolute atomic E-state index is 13.8. The van der Waals surface area contributed by atoms with Gasteiger partial charge in [0.05, 0.1) is 56.2 Å². The molecule has 51 heavy (non-hydrogen) atoms. The summed E-state index contributed by atoms with van der Waals surface area (Å²) >= 11 is 0. The average molecular weight is 655 g/mol. The number of nitrogens with zero attached hydrogens (tertiary/aromatic N) is 4. The lowest BCUT2D eigenvalue weighted by atomic mass is 10.1. The van der Waals surface area contributed by atoms with Gasteiger partial charge in [0.2, 0.25) is 0 Å². The summed E-state index contributed by atoms with van der Waals surface area (Å²) in [6.07, 6.45) is 0. The molecule has 0 bridgehead atoms. The highest BCUT2D eigenvalue weighted by atomic mass is 16.2. The highest BCUT2D eigenvalue weighted by Crippen LogP contribution is 2.44. The Morgan fingerprint density at radius 3 is 1.78 bits per heavy atom. The zero-order valence-corrected chi connectivity index (χ0v) is 27.1. The lowest BCUT2D eigenvalue weighted by Crippen LogP contribution is -2.30. The van der Waals surface area contributed by atoms with Crippen LogP contribution in [-0.2, 0) is 0 Å². The first-order valence-corrected chi connectivity index (χ1v) is 16.8. The predicted octanol–water partition coefficient (Wildman–Crippen LogP) is 10.2. The lowest BCUT2D eigenvalue weighted by molar-refractivity contribution is 0.0926. The van der Waals surface area contributed by atoms with Gasteiger partial charge in [-0.2, -0.15) is 5.26 Å². The number of aromatic nitrogens is 2. The van der Waals surface area contributed by atoms with Gasteiger partial charge in [0, 0.05) is 27.2 Å². The third-order valence-corrected chi connectivity index (χ3v) is 10.1. The first-order valence-electron chi connectivity index (χ1n) is 16.8. The quantitative estimate of drug-likeness (QED) is 0.177. The molecule has 6 heteroatoms. The maximum atomic E-state index is 13.8. The van der Waals surface area contributed by atoms with E-state index >= 15 is 0 Å². The fourth-order valence-electron chi connectivity index (χ4n) is 7.84. The van der Waals surface area contributed by atoms with Crippen LogP contribution in [0.15, 0.2) is 158 Å². The number of imide groups is 1. The first-order chi connectivity index (χ1) is 25.1. The summed E-state index contributed by atoms with van der Waals surface area (Å²) in [4.78, 5) is 28.9. The van der Waals surface area contributed by atoms with Crippen molar-refractivity contribution in [2.24, 2.45) is 0 Å². The molecule has 0 radical (unpaired) electrons. The lowest BCUT2D eigenvalue weighted by Gasteiger charge is -2.20. The molecular formula is C45H26N4O2. The Labute approximate surface area is 292 Å². The summed E-state index contributed by atoms with van der Waals surface area (Å²) in [5, 5.41) is 14.3. The monoisotopic (exact) mass is 654 g/mol. The number of benzene rings is 7. The number of nitriles is 1. The van der Waals surface area contributed by atoms with E-state index in [1.807, 2.05) is 24.3 Å². The van der Waals surface area contributed by atoms with E-state index in [2.05, 4.69) is 106 Å². The SMILES string of the molecule is N#Cc1ccc(N2C(=O)c3ccccc3C2=O)c(-n2c3ccccc3c3c2ccc2c4ccccc4n(-c4ccc(-c5ccccc5)cc4)c23)c1. The van der Waals surface area contributed by atoms with Crippen molar-refractivity contribution in [1.29, 1.82) is 5.26 Å². The van der Waals surface area contributed by atoms with Crippen LogP contribution in [-0.4, -0.2) is 20.9 Å². The zero-order valence-electron chi connectivity index (χ0n) is 27.1. The summed E-state index contributed by atoms with van der Waals surface area (Å²) in [6, 6.07) is 54.2. The Hall–Kier alpha value is -7.23. The number of carbonyl (C=O) groups is 2. The summed E-state index contributed by atoms with van der Waals surface area (Å²) in [5.41, 5.74) is 9.39. The summed E-state index contributed by atoms with van der Waals surface area (Å²) in [7, 11) is 0. The van der Waals surface area contributed by atoms with Crippen LogP contribution in [0.1, 0.15) is 26.3 Å². The molecule has 238 valence electrons. The number of para-hydroxylation sites is 2. The zero-order chi connectivity index (χ0) is 34.2. The third-order valence-electron chi connectivity index (χ3n) is 10.1. The van der Waals surface area contributed by atoms with Gasteiger partial charge in [0.1, 0.15) is 0 Å². The number of anilines is 1. The highest BCUT2D eigenvalue weighted by Gasteiger charge is 2.38. The van der Waals surface area contributed by atoms with E-state index in [0.717, 1.165) is 60.4 Å². The van der Waals surface area contributed by atoms with Crippen LogP contribution in [0.3, 0.4) is 0 Å². The predicted molar refractivity (Wildman–Crippen MR) is 203 cm³/mol. The minimum absolute atomic E-state index is 0.365. The second kappa shape index (κ2) is 10.9. The molecule has 7 aromatic carbocycles. The van der Waals surface area contributed by atoms with Crippen LogP contribution in [0.5, 0.6) is 0 Å². The summed E-state index contributed by atoms with van der Waals surface area (Å²) in [6.45, 7) is 0. The number of fused-ring (bicyclic) bond motifs is 8. The second-order valence-electron chi connectivity index (χ2n) is 12.8. The molecule has 9 aromatic rings. The third kappa shape index (κ3) is 4.09. The van der Waals surface area contributed by atoms with Crippen LogP contribution in [0.4, 0.5) is 5.69 Å². The molecule has 1 aliphatic rings. The van der Waals surface area contributed by atoms with Gasteiger partial charge in [-0.15, -0.1) is 0 Å². The van der Waals surface area contributed by atoms with Gasteiger partial charge in [0.25, 0.3) is 11.8 Å². The molecule has 0 fully saturated rings. The Kier molecular flexibility index (Phi) is 6.14. The molecule has 0 saturated carbocycles. The van der Waals surface area contributed by atoms with Crippen molar-refractivity contribution < 1.29 is 9.59 Å². The Morgan fingerprint density at radius 2 is 1.08 bits per heavy atom. The first kappa shape index (κ1) is 28.8. The van der Waals surface area contributed by atoms with Crippen molar-refractivity contribution in [3.05, 3.63) is 174 Å². The van der Waals surface area contributed by atoms with Crippen LogP contribution >= 0.6 is 0 Å². The van der Waals surface area contributed by atoms with Crippen molar-refractivity contribution in [3.63, 3.8) is 0 Å². The van der Waals surface area contributed by atoms with Crippen molar-refractivity contribution in [2.75, 3.05) is 4.90 Å². The van der Waals surface area contributed by atoms with Gasteiger partial charge in [-0.25, -0.2) is 4.90 Å². The molecule has 2 amide bonds. The van der Waals surface area contributed by atoms with E-state index in [9.17, 15) is 14.9 Å². The fraction of sp³-hybridized carbons (Fsp3) is 0. The number of rotatable bonds is 4. The van der Waals surface area contributed by atoms with Crippen molar-refractivity contribution >= 4 is 61.1 Å². The molecule has 0 saturated heterocycles. The topological polar surface area (TPSA) is 71.0 Å². The molecule has 1 aliphatic heterocycles. The molecule has 0 unspecified atom stereocenters. The molecule has 0 N–H and O–H groups in total. The summed E-state index contributed by atoms with van der Waals surface area (Å²) in [5.74, 6) is -0.771. The van der Waals surface area contributed by atoms with Crippen LogP contribution in [0, 0.1) is 11.3 Å².